The minimum absolute atomic E-state index is 0.0540. The normalized spacial score (nSPS) is 14.4. The molecule has 2 aromatic rings. The maximum Gasteiger partial charge on any atom is 0.264 e. The Kier molecular flexibility index (Phi) is 4.01. The third-order valence-electron chi connectivity index (χ3n) is 3.88. The van der Waals surface area contributed by atoms with Crippen molar-refractivity contribution in [3.05, 3.63) is 16.3 Å². The van der Waals surface area contributed by atoms with E-state index in [9.17, 15) is 4.79 Å². The van der Waals surface area contributed by atoms with Crippen LogP contribution in [0.4, 0.5) is 0 Å². The summed E-state index contributed by atoms with van der Waals surface area (Å²) in [6, 6.07) is 0.383. The van der Waals surface area contributed by atoms with Crippen molar-refractivity contribution in [3.63, 3.8) is 0 Å². The molecule has 1 saturated carbocycles. The third-order valence-corrected chi connectivity index (χ3v) is 5.05. The van der Waals surface area contributed by atoms with Crippen LogP contribution in [0.15, 0.2) is 0 Å². The molecule has 0 aliphatic heterocycles. The molecule has 118 valence electrons. The molecule has 0 bridgehead atoms. The van der Waals surface area contributed by atoms with Crippen LogP contribution in [0.5, 0.6) is 5.88 Å². The molecule has 1 amide bonds. The van der Waals surface area contributed by atoms with Gasteiger partial charge in [0.25, 0.3) is 5.91 Å². The number of thiophene rings is 1. The Hall–Kier alpha value is -1.73. The first-order chi connectivity index (χ1) is 10.6. The van der Waals surface area contributed by atoms with Crippen molar-refractivity contribution in [2.75, 3.05) is 21.3 Å². The van der Waals surface area contributed by atoms with Gasteiger partial charge in [0, 0.05) is 20.2 Å². The number of nitrogens with zero attached hydrogens (tertiary/aromatic N) is 3. The summed E-state index contributed by atoms with van der Waals surface area (Å²) in [6.45, 7) is 2.24. The Bertz CT molecular complexity index is 724. The Balaban J connectivity index is 2.08. The number of hydrogen-bond donors (Lipinski definition) is 0. The smallest absolute Gasteiger partial charge is 0.264 e. The predicted octanol–water partition coefficient (Wildman–Crippen LogP) is 2.39. The molecule has 0 spiro atoms. The molecule has 0 aromatic carbocycles. The Labute approximate surface area is 133 Å². The van der Waals surface area contributed by atoms with E-state index in [2.05, 4.69) is 9.97 Å². The van der Waals surface area contributed by atoms with Crippen LogP contribution in [0.1, 0.15) is 33.9 Å². The van der Waals surface area contributed by atoms with Crippen LogP contribution in [0.25, 0.3) is 10.2 Å². The maximum absolute atomic E-state index is 12.6. The fraction of sp³-hybridized carbons (Fsp3) is 0.533. The highest BCUT2D eigenvalue weighted by molar-refractivity contribution is 7.20. The van der Waals surface area contributed by atoms with E-state index in [-0.39, 0.29) is 5.91 Å². The number of aromatic nitrogens is 2. The summed E-state index contributed by atoms with van der Waals surface area (Å²) in [5.74, 6) is 1.11. The highest BCUT2D eigenvalue weighted by Crippen LogP contribution is 2.37. The second kappa shape index (κ2) is 5.81. The van der Waals surface area contributed by atoms with Crippen molar-refractivity contribution in [2.45, 2.75) is 32.4 Å². The molecule has 2 aromatic heterocycles. The van der Waals surface area contributed by atoms with Crippen molar-refractivity contribution in [2.24, 2.45) is 0 Å². The second-order valence-corrected chi connectivity index (χ2v) is 6.46. The van der Waals surface area contributed by atoms with Gasteiger partial charge in [0.15, 0.2) is 5.82 Å². The quantitative estimate of drug-likeness (QED) is 0.846. The first-order valence-electron chi connectivity index (χ1n) is 7.17. The van der Waals surface area contributed by atoms with Gasteiger partial charge in [0.05, 0.1) is 17.4 Å². The van der Waals surface area contributed by atoms with Crippen molar-refractivity contribution in [3.8, 4) is 5.88 Å². The van der Waals surface area contributed by atoms with Gasteiger partial charge in [-0.25, -0.2) is 4.98 Å². The SMILES string of the molecule is COCc1nc(OC)c2c(C)c(C(=O)N(C)C3CC3)sc2n1. The standard InChI is InChI=1S/C15H19N3O3S/c1-8-11-13(21-4)16-10(7-20-3)17-14(11)22-12(8)15(19)18(2)9-5-6-9/h9H,5-7H2,1-4H3. The van der Waals surface area contributed by atoms with E-state index in [1.807, 2.05) is 18.9 Å². The van der Waals surface area contributed by atoms with Gasteiger partial charge in [-0.2, -0.15) is 4.98 Å². The van der Waals surface area contributed by atoms with Gasteiger partial charge in [0.2, 0.25) is 5.88 Å². The largest absolute Gasteiger partial charge is 0.480 e. The first-order valence-corrected chi connectivity index (χ1v) is 7.98. The van der Waals surface area contributed by atoms with E-state index >= 15 is 0 Å². The predicted molar refractivity (Wildman–Crippen MR) is 84.5 cm³/mol. The van der Waals surface area contributed by atoms with Crippen LogP contribution in [0.2, 0.25) is 0 Å². The number of aryl methyl sites for hydroxylation is 1. The number of carbonyl (C=O) groups excluding carboxylic acids is 1. The molecule has 0 unspecified atom stereocenters. The number of ether oxygens (including phenoxy) is 2. The third kappa shape index (κ3) is 2.55. The summed E-state index contributed by atoms with van der Waals surface area (Å²) in [4.78, 5) is 24.8. The topological polar surface area (TPSA) is 64.6 Å². The highest BCUT2D eigenvalue weighted by Gasteiger charge is 2.32. The lowest BCUT2D eigenvalue weighted by Gasteiger charge is -2.15. The monoisotopic (exact) mass is 321 g/mol. The molecule has 6 nitrogen and oxygen atoms in total. The van der Waals surface area contributed by atoms with Crippen LogP contribution >= 0.6 is 11.3 Å². The number of amides is 1. The van der Waals surface area contributed by atoms with E-state index in [1.54, 1.807) is 14.2 Å². The zero-order valence-corrected chi connectivity index (χ0v) is 14.0. The number of rotatable bonds is 5. The molecular formula is C15H19N3O3S. The van der Waals surface area contributed by atoms with E-state index in [0.29, 0.717) is 29.2 Å². The zero-order chi connectivity index (χ0) is 15.9. The zero-order valence-electron chi connectivity index (χ0n) is 13.2. The fourth-order valence-electron chi connectivity index (χ4n) is 2.48. The molecule has 1 fully saturated rings. The highest BCUT2D eigenvalue weighted by atomic mass is 32.1. The number of hydrogen-bond acceptors (Lipinski definition) is 6. The van der Waals surface area contributed by atoms with E-state index in [4.69, 9.17) is 9.47 Å². The summed E-state index contributed by atoms with van der Waals surface area (Å²) < 4.78 is 10.5. The van der Waals surface area contributed by atoms with Crippen LogP contribution in [0.3, 0.4) is 0 Å². The molecule has 7 heteroatoms. The van der Waals surface area contributed by atoms with Gasteiger partial charge in [-0.1, -0.05) is 0 Å². The second-order valence-electron chi connectivity index (χ2n) is 5.47. The van der Waals surface area contributed by atoms with Crippen LogP contribution in [-0.2, 0) is 11.3 Å². The van der Waals surface area contributed by atoms with Gasteiger partial charge in [-0.3, -0.25) is 4.79 Å². The average Bonchev–Trinajstić information content (AvgIpc) is 3.30. The fourth-order valence-corrected chi connectivity index (χ4v) is 3.65. The summed E-state index contributed by atoms with van der Waals surface area (Å²) in [6.07, 6.45) is 2.18. The Morgan fingerprint density at radius 1 is 1.36 bits per heavy atom. The molecule has 0 N–H and O–H groups in total. The molecular weight excluding hydrogens is 302 g/mol. The van der Waals surface area contributed by atoms with Crippen LogP contribution in [0, 0.1) is 6.92 Å². The van der Waals surface area contributed by atoms with E-state index in [0.717, 1.165) is 28.6 Å². The lowest BCUT2D eigenvalue weighted by atomic mass is 10.2. The lowest BCUT2D eigenvalue weighted by Crippen LogP contribution is -2.28. The van der Waals surface area contributed by atoms with Gasteiger partial charge < -0.3 is 14.4 Å². The minimum Gasteiger partial charge on any atom is -0.480 e. The van der Waals surface area contributed by atoms with E-state index in [1.165, 1.54) is 11.3 Å². The first kappa shape index (κ1) is 15.2. The number of fused-ring (bicyclic) bond motifs is 1. The van der Waals surface area contributed by atoms with Gasteiger partial charge in [-0.15, -0.1) is 11.3 Å². The summed E-state index contributed by atoms with van der Waals surface area (Å²) in [7, 11) is 5.04. The summed E-state index contributed by atoms with van der Waals surface area (Å²) >= 11 is 1.40. The molecule has 3 rings (SSSR count). The van der Waals surface area contributed by atoms with Gasteiger partial charge in [-0.05, 0) is 25.3 Å². The molecule has 0 radical (unpaired) electrons. The van der Waals surface area contributed by atoms with Crippen molar-refractivity contribution in [1.82, 2.24) is 14.9 Å². The van der Waals surface area contributed by atoms with Gasteiger partial charge >= 0.3 is 0 Å². The van der Waals surface area contributed by atoms with Gasteiger partial charge in [0.1, 0.15) is 11.4 Å². The Morgan fingerprint density at radius 2 is 2.09 bits per heavy atom. The lowest BCUT2D eigenvalue weighted by molar-refractivity contribution is 0.0789. The van der Waals surface area contributed by atoms with E-state index < -0.39 is 0 Å². The average molecular weight is 321 g/mol. The van der Waals surface area contributed by atoms with Crippen molar-refractivity contribution in [1.29, 1.82) is 0 Å². The molecule has 22 heavy (non-hydrogen) atoms. The number of methoxy groups -OCH3 is 2. The molecule has 0 atom stereocenters. The minimum atomic E-state index is 0.0540. The molecule has 1 aliphatic rings. The van der Waals surface area contributed by atoms with Crippen molar-refractivity contribution >= 4 is 27.5 Å². The molecule has 2 heterocycles. The number of carbonyl (C=O) groups is 1. The molecule has 0 saturated heterocycles. The van der Waals surface area contributed by atoms with Crippen LogP contribution < -0.4 is 4.74 Å². The Morgan fingerprint density at radius 3 is 2.68 bits per heavy atom. The molecule has 1 aliphatic carbocycles. The summed E-state index contributed by atoms with van der Waals surface area (Å²) in [5, 5.41) is 0.819. The van der Waals surface area contributed by atoms with Crippen molar-refractivity contribution < 1.29 is 14.3 Å². The maximum atomic E-state index is 12.6. The summed E-state index contributed by atoms with van der Waals surface area (Å²) in [5.41, 5.74) is 0.887. The van der Waals surface area contributed by atoms with Crippen LogP contribution in [-0.4, -0.2) is 48.1 Å².